The first kappa shape index (κ1) is 17.6. The van der Waals surface area contributed by atoms with Gasteiger partial charge in [-0.3, -0.25) is 24.1 Å². The summed E-state index contributed by atoms with van der Waals surface area (Å²) in [6.07, 6.45) is 1.35. The Balaban J connectivity index is 2.59. The SMILES string of the molecule is CCCCN1C(=O)C(=O)N(CC(=O)NCC(=O)N(C)C)C1=O. The number of nitrogens with zero attached hydrogens (tertiary/aromatic N) is 3. The molecule has 1 rings (SSSR count). The summed E-state index contributed by atoms with van der Waals surface area (Å²) in [5.41, 5.74) is 0. The van der Waals surface area contributed by atoms with E-state index in [1.54, 1.807) is 0 Å². The Hall–Kier alpha value is -2.45. The maximum Gasteiger partial charge on any atom is 0.334 e. The maximum absolute atomic E-state index is 12.0. The lowest BCUT2D eigenvalue weighted by Crippen LogP contribution is -2.44. The zero-order valence-corrected chi connectivity index (χ0v) is 12.9. The van der Waals surface area contributed by atoms with Gasteiger partial charge in [0.1, 0.15) is 6.54 Å². The van der Waals surface area contributed by atoms with Crippen molar-refractivity contribution in [3.63, 3.8) is 0 Å². The highest BCUT2D eigenvalue weighted by molar-refractivity contribution is 6.45. The number of rotatable bonds is 7. The maximum atomic E-state index is 12.0. The third-order valence-electron chi connectivity index (χ3n) is 3.11. The highest BCUT2D eigenvalue weighted by Crippen LogP contribution is 2.12. The van der Waals surface area contributed by atoms with Crippen molar-refractivity contribution >= 4 is 29.7 Å². The average molecular weight is 312 g/mol. The fraction of sp³-hybridized carbons (Fsp3) is 0.615. The van der Waals surface area contributed by atoms with E-state index in [9.17, 15) is 24.0 Å². The van der Waals surface area contributed by atoms with Crippen LogP contribution >= 0.6 is 0 Å². The van der Waals surface area contributed by atoms with Gasteiger partial charge in [-0.1, -0.05) is 13.3 Å². The van der Waals surface area contributed by atoms with Gasteiger partial charge in [-0.05, 0) is 6.42 Å². The number of imide groups is 2. The lowest BCUT2D eigenvalue weighted by atomic mass is 10.3. The number of hydrogen-bond acceptors (Lipinski definition) is 5. The minimum atomic E-state index is -1.02. The summed E-state index contributed by atoms with van der Waals surface area (Å²) in [7, 11) is 3.07. The summed E-state index contributed by atoms with van der Waals surface area (Å²) in [4.78, 5) is 61.1. The van der Waals surface area contributed by atoms with Crippen LogP contribution in [-0.2, 0) is 19.2 Å². The quantitative estimate of drug-likeness (QED) is 0.468. The van der Waals surface area contributed by atoms with Crippen molar-refractivity contribution in [1.29, 1.82) is 0 Å². The van der Waals surface area contributed by atoms with E-state index in [0.29, 0.717) is 11.3 Å². The summed E-state index contributed by atoms with van der Waals surface area (Å²) >= 11 is 0. The van der Waals surface area contributed by atoms with Gasteiger partial charge in [0.15, 0.2) is 0 Å². The van der Waals surface area contributed by atoms with Crippen LogP contribution in [0.3, 0.4) is 0 Å². The number of carbonyl (C=O) groups is 5. The molecule has 1 heterocycles. The first-order valence-electron chi connectivity index (χ1n) is 6.93. The molecule has 0 spiro atoms. The van der Waals surface area contributed by atoms with Crippen LogP contribution < -0.4 is 5.32 Å². The fourth-order valence-electron chi connectivity index (χ4n) is 1.74. The van der Waals surface area contributed by atoms with Crippen molar-refractivity contribution < 1.29 is 24.0 Å². The van der Waals surface area contributed by atoms with E-state index < -0.39 is 30.3 Å². The number of urea groups is 1. The molecule has 0 radical (unpaired) electrons. The third-order valence-corrected chi connectivity index (χ3v) is 3.11. The van der Waals surface area contributed by atoms with Gasteiger partial charge in [-0.2, -0.15) is 0 Å². The molecule has 0 aromatic carbocycles. The van der Waals surface area contributed by atoms with E-state index in [-0.39, 0.29) is 19.0 Å². The molecular formula is C13H20N4O5. The second kappa shape index (κ2) is 7.53. The molecule has 0 bridgehead atoms. The van der Waals surface area contributed by atoms with Crippen molar-refractivity contribution in [3.05, 3.63) is 0 Å². The van der Waals surface area contributed by atoms with E-state index in [1.165, 1.54) is 19.0 Å². The number of carbonyl (C=O) groups excluding carboxylic acids is 5. The molecule has 122 valence electrons. The summed E-state index contributed by atoms with van der Waals surface area (Å²) in [6.45, 7) is 1.22. The molecule has 9 nitrogen and oxygen atoms in total. The first-order valence-corrected chi connectivity index (χ1v) is 6.93. The Labute approximate surface area is 128 Å². The zero-order chi connectivity index (χ0) is 16.9. The number of amides is 6. The van der Waals surface area contributed by atoms with Gasteiger partial charge in [0.2, 0.25) is 11.8 Å². The lowest BCUT2D eigenvalue weighted by Gasteiger charge is -2.15. The van der Waals surface area contributed by atoms with Crippen LogP contribution in [0.1, 0.15) is 19.8 Å². The number of unbranched alkanes of at least 4 members (excludes halogenated alkanes) is 1. The molecule has 0 unspecified atom stereocenters. The monoisotopic (exact) mass is 312 g/mol. The fourth-order valence-corrected chi connectivity index (χ4v) is 1.74. The molecular weight excluding hydrogens is 292 g/mol. The third kappa shape index (κ3) is 4.03. The van der Waals surface area contributed by atoms with Crippen molar-refractivity contribution in [1.82, 2.24) is 20.0 Å². The zero-order valence-electron chi connectivity index (χ0n) is 12.9. The molecule has 1 aliphatic rings. The molecule has 1 N–H and O–H groups in total. The van der Waals surface area contributed by atoms with E-state index in [4.69, 9.17) is 0 Å². The van der Waals surface area contributed by atoms with Crippen LogP contribution in [0.15, 0.2) is 0 Å². The molecule has 1 saturated heterocycles. The normalized spacial score (nSPS) is 14.6. The highest BCUT2D eigenvalue weighted by Gasteiger charge is 2.44. The van der Waals surface area contributed by atoms with Gasteiger partial charge in [-0.15, -0.1) is 0 Å². The minimum Gasteiger partial charge on any atom is -0.347 e. The van der Waals surface area contributed by atoms with Gasteiger partial charge in [0.25, 0.3) is 0 Å². The Bertz CT molecular complexity index is 503. The summed E-state index contributed by atoms with van der Waals surface area (Å²) in [5, 5.41) is 2.30. The predicted molar refractivity (Wildman–Crippen MR) is 75.4 cm³/mol. The molecule has 0 aromatic rings. The molecule has 1 fully saturated rings. The van der Waals surface area contributed by atoms with E-state index in [1.807, 2.05) is 6.92 Å². The predicted octanol–water partition coefficient (Wildman–Crippen LogP) is -1.22. The van der Waals surface area contributed by atoms with Crippen LogP contribution in [0.5, 0.6) is 0 Å². The van der Waals surface area contributed by atoms with Gasteiger partial charge in [-0.25, -0.2) is 9.69 Å². The van der Waals surface area contributed by atoms with Gasteiger partial charge < -0.3 is 10.2 Å². The number of likely N-dealkylation sites (N-methyl/N-ethyl adjacent to an activating group) is 1. The van der Waals surface area contributed by atoms with Crippen LogP contribution in [0, 0.1) is 0 Å². The lowest BCUT2D eigenvalue weighted by molar-refractivity contribution is -0.144. The largest absolute Gasteiger partial charge is 0.347 e. The van der Waals surface area contributed by atoms with Crippen molar-refractivity contribution in [3.8, 4) is 0 Å². The van der Waals surface area contributed by atoms with E-state index in [2.05, 4.69) is 5.32 Å². The minimum absolute atomic E-state index is 0.150. The molecule has 6 amide bonds. The number of hydrogen-bond donors (Lipinski definition) is 1. The second-order valence-corrected chi connectivity index (χ2v) is 5.05. The highest BCUT2D eigenvalue weighted by atomic mass is 16.2. The van der Waals surface area contributed by atoms with E-state index >= 15 is 0 Å². The molecule has 9 heteroatoms. The Morgan fingerprint density at radius 2 is 1.68 bits per heavy atom. The second-order valence-electron chi connectivity index (χ2n) is 5.05. The van der Waals surface area contributed by atoms with Crippen LogP contribution in [0.2, 0.25) is 0 Å². The molecule has 22 heavy (non-hydrogen) atoms. The topological polar surface area (TPSA) is 107 Å². The van der Waals surface area contributed by atoms with Crippen LogP contribution in [0.25, 0.3) is 0 Å². The van der Waals surface area contributed by atoms with Gasteiger partial charge >= 0.3 is 17.8 Å². The summed E-state index contributed by atoms with van der Waals surface area (Å²) in [6, 6.07) is -0.794. The molecule has 0 aromatic heterocycles. The summed E-state index contributed by atoms with van der Waals surface area (Å²) in [5.74, 6) is -2.94. The standard InChI is InChI=1S/C13H20N4O5/c1-4-5-6-16-11(20)12(21)17(13(16)22)8-9(18)14-7-10(19)15(2)3/h4-8H2,1-3H3,(H,14,18). The van der Waals surface area contributed by atoms with Crippen molar-refractivity contribution in [2.75, 3.05) is 33.7 Å². The van der Waals surface area contributed by atoms with Gasteiger partial charge in [0.05, 0.1) is 6.54 Å². The van der Waals surface area contributed by atoms with Crippen molar-refractivity contribution in [2.24, 2.45) is 0 Å². The first-order chi connectivity index (χ1) is 10.3. The van der Waals surface area contributed by atoms with Crippen LogP contribution in [0.4, 0.5) is 4.79 Å². The van der Waals surface area contributed by atoms with E-state index in [0.717, 1.165) is 11.3 Å². The summed E-state index contributed by atoms with van der Waals surface area (Å²) < 4.78 is 0. The Morgan fingerprint density at radius 1 is 1.09 bits per heavy atom. The van der Waals surface area contributed by atoms with Gasteiger partial charge in [0, 0.05) is 20.6 Å². The molecule has 1 aliphatic heterocycles. The smallest absolute Gasteiger partial charge is 0.334 e. The molecule has 0 aliphatic carbocycles. The Morgan fingerprint density at radius 3 is 2.23 bits per heavy atom. The average Bonchev–Trinajstić information content (AvgIpc) is 2.67. The molecule has 0 saturated carbocycles. The molecule has 0 atom stereocenters. The number of nitrogens with one attached hydrogen (secondary N) is 1. The van der Waals surface area contributed by atoms with Crippen LogP contribution in [-0.4, -0.2) is 78.1 Å². The van der Waals surface area contributed by atoms with Crippen molar-refractivity contribution in [2.45, 2.75) is 19.8 Å². The Kier molecular flexibility index (Phi) is 6.02.